The summed E-state index contributed by atoms with van der Waals surface area (Å²) in [6.45, 7) is 3.54. The molecule has 1 amide bonds. The minimum Gasteiger partial charge on any atom is -0.274 e. The number of nitrogens with zero attached hydrogens (tertiary/aromatic N) is 1. The monoisotopic (exact) mass is 194 g/mol. The Morgan fingerprint density at radius 3 is 2.57 bits per heavy atom. The second-order valence-electron chi connectivity index (χ2n) is 4.70. The molecule has 0 aromatic heterocycles. The molecule has 0 aromatic rings. The van der Waals surface area contributed by atoms with Crippen LogP contribution in [0.3, 0.4) is 0 Å². The van der Waals surface area contributed by atoms with Crippen LogP contribution in [0.2, 0.25) is 0 Å². The van der Waals surface area contributed by atoms with Gasteiger partial charge in [-0.15, -0.1) is 0 Å². The molecule has 3 nitrogen and oxygen atoms in total. The van der Waals surface area contributed by atoms with Crippen molar-refractivity contribution < 1.29 is 4.79 Å². The Morgan fingerprint density at radius 1 is 1.29 bits per heavy atom. The lowest BCUT2D eigenvalue weighted by molar-refractivity contribution is -0.118. The summed E-state index contributed by atoms with van der Waals surface area (Å²) in [5, 5.41) is 4.14. The van der Waals surface area contributed by atoms with Crippen LogP contribution in [0, 0.1) is 17.8 Å². The molecule has 2 aliphatic carbocycles. The smallest absolute Gasteiger partial charge is 0.236 e. The van der Waals surface area contributed by atoms with Crippen molar-refractivity contribution in [3.8, 4) is 0 Å². The lowest BCUT2D eigenvalue weighted by Crippen LogP contribution is -2.23. The maximum absolute atomic E-state index is 10.7. The van der Waals surface area contributed by atoms with Gasteiger partial charge in [0.25, 0.3) is 0 Å². The maximum Gasteiger partial charge on any atom is 0.236 e. The highest BCUT2D eigenvalue weighted by atomic mass is 16.2. The van der Waals surface area contributed by atoms with Crippen LogP contribution in [0.5, 0.6) is 0 Å². The van der Waals surface area contributed by atoms with Gasteiger partial charge in [-0.3, -0.25) is 4.79 Å². The van der Waals surface area contributed by atoms with Crippen LogP contribution < -0.4 is 5.43 Å². The molecule has 0 saturated heterocycles. The highest BCUT2D eigenvalue weighted by Crippen LogP contribution is 2.48. The number of carbonyl (C=O) groups excluding carboxylic acids is 1. The molecule has 0 heterocycles. The molecule has 2 fully saturated rings. The van der Waals surface area contributed by atoms with Gasteiger partial charge in [0.2, 0.25) is 5.91 Å². The molecule has 3 atom stereocenters. The number of hydrogen-bond donors (Lipinski definition) is 1. The number of hydrazone groups is 1. The Hall–Kier alpha value is -0.860. The summed E-state index contributed by atoms with van der Waals surface area (Å²) < 4.78 is 0. The highest BCUT2D eigenvalue weighted by Gasteiger charge is 2.40. The number of nitrogens with one attached hydrogen (secondary N) is 1. The summed E-state index contributed by atoms with van der Waals surface area (Å²) in [7, 11) is 0. The van der Waals surface area contributed by atoms with Crippen LogP contribution in [-0.4, -0.2) is 11.6 Å². The van der Waals surface area contributed by atoms with Gasteiger partial charge in [0, 0.05) is 18.6 Å². The SMILES string of the molecule is CC(=O)N/N=C(\C)C1CC2CCC1C2. The van der Waals surface area contributed by atoms with E-state index in [0.717, 1.165) is 17.5 Å². The first kappa shape index (κ1) is 9.69. The second-order valence-corrected chi connectivity index (χ2v) is 4.70. The van der Waals surface area contributed by atoms with E-state index in [-0.39, 0.29) is 5.91 Å². The molecule has 0 spiro atoms. The fourth-order valence-corrected chi connectivity index (χ4v) is 3.01. The average molecular weight is 194 g/mol. The van der Waals surface area contributed by atoms with Gasteiger partial charge in [-0.25, -0.2) is 5.43 Å². The largest absolute Gasteiger partial charge is 0.274 e. The lowest BCUT2D eigenvalue weighted by atomic mass is 9.86. The first-order valence-electron chi connectivity index (χ1n) is 5.47. The van der Waals surface area contributed by atoms with Crippen LogP contribution in [0.1, 0.15) is 39.5 Å². The number of carbonyl (C=O) groups is 1. The second kappa shape index (κ2) is 3.71. The van der Waals surface area contributed by atoms with E-state index >= 15 is 0 Å². The highest BCUT2D eigenvalue weighted by molar-refractivity contribution is 5.86. The molecule has 3 unspecified atom stereocenters. The zero-order valence-electron chi connectivity index (χ0n) is 8.92. The molecule has 0 radical (unpaired) electrons. The fourth-order valence-electron chi connectivity index (χ4n) is 3.01. The fraction of sp³-hybridized carbons (Fsp3) is 0.818. The topological polar surface area (TPSA) is 41.5 Å². The Kier molecular flexibility index (Phi) is 2.57. The zero-order chi connectivity index (χ0) is 10.1. The first-order valence-corrected chi connectivity index (χ1v) is 5.47. The summed E-state index contributed by atoms with van der Waals surface area (Å²) in [6.07, 6.45) is 5.45. The maximum atomic E-state index is 10.7. The van der Waals surface area contributed by atoms with Crippen LogP contribution in [-0.2, 0) is 4.79 Å². The molecular weight excluding hydrogens is 176 g/mol. The van der Waals surface area contributed by atoms with Gasteiger partial charge < -0.3 is 0 Å². The standard InChI is InChI=1S/C11H18N2O/c1-7(12-13-8(2)14)11-6-9-3-4-10(11)5-9/h9-11H,3-6H2,1-2H3,(H,13,14)/b12-7+. The van der Waals surface area contributed by atoms with Gasteiger partial charge >= 0.3 is 0 Å². The Labute approximate surface area is 85.0 Å². The molecule has 14 heavy (non-hydrogen) atoms. The van der Waals surface area contributed by atoms with E-state index in [9.17, 15) is 4.79 Å². The van der Waals surface area contributed by atoms with Gasteiger partial charge in [-0.2, -0.15) is 5.10 Å². The molecule has 3 heteroatoms. The van der Waals surface area contributed by atoms with Gasteiger partial charge in [-0.1, -0.05) is 6.42 Å². The van der Waals surface area contributed by atoms with Gasteiger partial charge in [-0.05, 0) is 38.0 Å². The molecular formula is C11H18N2O. The van der Waals surface area contributed by atoms with Gasteiger partial charge in [0.1, 0.15) is 0 Å². The molecule has 78 valence electrons. The zero-order valence-corrected chi connectivity index (χ0v) is 8.92. The van der Waals surface area contributed by atoms with E-state index in [1.807, 2.05) is 6.92 Å². The minimum absolute atomic E-state index is 0.0764. The quantitative estimate of drug-likeness (QED) is 0.529. The van der Waals surface area contributed by atoms with E-state index in [1.165, 1.54) is 32.6 Å². The van der Waals surface area contributed by atoms with Gasteiger partial charge in [0.15, 0.2) is 0 Å². The summed E-state index contributed by atoms with van der Waals surface area (Å²) >= 11 is 0. The molecule has 2 saturated carbocycles. The van der Waals surface area contributed by atoms with Crippen molar-refractivity contribution in [1.29, 1.82) is 0 Å². The van der Waals surface area contributed by atoms with Crippen LogP contribution in [0.15, 0.2) is 5.10 Å². The van der Waals surface area contributed by atoms with E-state index in [2.05, 4.69) is 10.5 Å². The van der Waals surface area contributed by atoms with Gasteiger partial charge in [0.05, 0.1) is 0 Å². The van der Waals surface area contributed by atoms with E-state index in [0.29, 0.717) is 5.92 Å². The molecule has 2 bridgehead atoms. The van der Waals surface area contributed by atoms with E-state index in [4.69, 9.17) is 0 Å². The number of amides is 1. The molecule has 1 N–H and O–H groups in total. The Balaban J connectivity index is 1.95. The van der Waals surface area contributed by atoms with Crippen molar-refractivity contribution >= 4 is 11.6 Å². The summed E-state index contributed by atoms with van der Waals surface area (Å²) in [5.41, 5.74) is 3.65. The predicted molar refractivity (Wildman–Crippen MR) is 55.9 cm³/mol. The normalized spacial score (nSPS) is 36.1. The minimum atomic E-state index is -0.0764. The van der Waals surface area contributed by atoms with Crippen LogP contribution >= 0.6 is 0 Å². The molecule has 2 aliphatic rings. The third kappa shape index (κ3) is 1.81. The van der Waals surface area contributed by atoms with Crippen molar-refractivity contribution in [3.05, 3.63) is 0 Å². The van der Waals surface area contributed by atoms with Crippen LogP contribution in [0.4, 0.5) is 0 Å². The first-order chi connectivity index (χ1) is 6.66. The summed E-state index contributed by atoms with van der Waals surface area (Å²) in [5.74, 6) is 2.35. The summed E-state index contributed by atoms with van der Waals surface area (Å²) in [4.78, 5) is 10.7. The van der Waals surface area contributed by atoms with Crippen molar-refractivity contribution in [3.63, 3.8) is 0 Å². The summed E-state index contributed by atoms with van der Waals surface area (Å²) in [6, 6.07) is 0. The lowest BCUT2D eigenvalue weighted by Gasteiger charge is -2.20. The molecule has 0 aromatic carbocycles. The van der Waals surface area contributed by atoms with Crippen molar-refractivity contribution in [2.45, 2.75) is 39.5 Å². The third-order valence-corrected chi connectivity index (χ3v) is 3.66. The van der Waals surface area contributed by atoms with Crippen molar-refractivity contribution in [2.75, 3.05) is 0 Å². The van der Waals surface area contributed by atoms with E-state index < -0.39 is 0 Å². The predicted octanol–water partition coefficient (Wildman–Crippen LogP) is 1.93. The van der Waals surface area contributed by atoms with Crippen molar-refractivity contribution in [2.24, 2.45) is 22.9 Å². The van der Waals surface area contributed by atoms with E-state index in [1.54, 1.807) is 0 Å². The third-order valence-electron chi connectivity index (χ3n) is 3.66. The molecule has 2 rings (SSSR count). The number of hydrogen-bond acceptors (Lipinski definition) is 2. The average Bonchev–Trinajstić information content (AvgIpc) is 2.74. The van der Waals surface area contributed by atoms with Crippen LogP contribution in [0.25, 0.3) is 0 Å². The number of fused-ring (bicyclic) bond motifs is 2. The number of rotatable bonds is 2. The Morgan fingerprint density at radius 2 is 2.07 bits per heavy atom. The Bertz CT molecular complexity index is 272. The van der Waals surface area contributed by atoms with Crippen molar-refractivity contribution in [1.82, 2.24) is 5.43 Å². The molecule has 0 aliphatic heterocycles.